The van der Waals surface area contributed by atoms with Crippen LogP contribution in [0.4, 0.5) is 22.0 Å². The minimum absolute atomic E-state index is 0.329. The summed E-state index contributed by atoms with van der Waals surface area (Å²) in [5.74, 6) is -1.61. The number of fused-ring (bicyclic) bond motifs is 1. The fraction of sp³-hybridized carbons (Fsp3) is 0.300. The third kappa shape index (κ3) is 6.10. The Kier molecular flexibility index (Phi) is 8.02. The number of aromatic nitrogens is 1. The van der Waals surface area contributed by atoms with Crippen LogP contribution < -0.4 is 0 Å². The molecular weight excluding hydrogens is 469 g/mol. The Morgan fingerprint density at radius 1 is 0.722 bits per heavy atom. The lowest BCUT2D eigenvalue weighted by molar-refractivity contribution is -0.140. The van der Waals surface area contributed by atoms with Crippen LogP contribution in [0.1, 0.15) is 53.3 Å². The Balaban J connectivity index is 1.57. The van der Waals surface area contributed by atoms with Gasteiger partial charge in [-0.25, -0.2) is 8.78 Å². The molecule has 1 nitrogen and oxygen atoms in total. The topological polar surface area (TPSA) is 12.9 Å². The van der Waals surface area contributed by atoms with Crippen LogP contribution in [0.25, 0.3) is 10.8 Å². The van der Waals surface area contributed by atoms with Gasteiger partial charge in [0.1, 0.15) is 11.6 Å². The zero-order valence-corrected chi connectivity index (χ0v) is 20.1. The lowest BCUT2D eigenvalue weighted by atomic mass is 9.91. The van der Waals surface area contributed by atoms with Crippen molar-refractivity contribution >= 4 is 10.8 Å². The van der Waals surface area contributed by atoms with E-state index in [1.54, 1.807) is 12.1 Å². The molecule has 0 N–H and O–H groups in total. The van der Waals surface area contributed by atoms with Crippen molar-refractivity contribution in [1.82, 2.24) is 4.98 Å². The Labute approximate surface area is 208 Å². The molecule has 0 saturated carbocycles. The summed E-state index contributed by atoms with van der Waals surface area (Å²) in [4.78, 5) is 4.59. The number of hydrogen-bond donors (Lipinski definition) is 0. The average Bonchev–Trinajstić information content (AvgIpc) is 2.85. The van der Waals surface area contributed by atoms with E-state index in [2.05, 4.69) is 18.0 Å². The van der Waals surface area contributed by atoms with E-state index in [4.69, 9.17) is 0 Å². The Bertz CT molecular complexity index is 1330. The van der Waals surface area contributed by atoms with Crippen molar-refractivity contribution in [2.45, 2.75) is 58.0 Å². The maximum absolute atomic E-state index is 14.5. The minimum Gasteiger partial charge on any atom is -0.261 e. The summed E-state index contributed by atoms with van der Waals surface area (Å²) in [5, 5.41) is 1.26. The SMILES string of the molecule is CCCCc1ccc(CCc2ccc3c(F)cccc3c2CCc2ccc(C(F)(F)F)c(F)c2)nc1. The summed E-state index contributed by atoms with van der Waals surface area (Å²) in [5.41, 5.74) is 3.32. The van der Waals surface area contributed by atoms with Crippen LogP contribution in [0.15, 0.2) is 66.9 Å². The molecule has 0 aliphatic rings. The van der Waals surface area contributed by atoms with Gasteiger partial charge in [-0.1, -0.05) is 49.7 Å². The predicted octanol–water partition coefficient (Wildman–Crippen LogP) is 8.44. The Hall–Kier alpha value is -3.28. The first-order valence-corrected chi connectivity index (χ1v) is 12.2. The maximum Gasteiger partial charge on any atom is 0.419 e. The average molecular weight is 498 g/mol. The second-order valence-corrected chi connectivity index (χ2v) is 9.11. The van der Waals surface area contributed by atoms with Gasteiger partial charge in [-0.15, -0.1) is 0 Å². The first-order valence-electron chi connectivity index (χ1n) is 12.2. The number of nitrogens with zero attached hydrogens (tertiary/aromatic N) is 1. The molecule has 1 heterocycles. The van der Waals surface area contributed by atoms with E-state index in [1.165, 1.54) is 17.7 Å². The normalized spacial score (nSPS) is 11.8. The fourth-order valence-corrected chi connectivity index (χ4v) is 4.56. The molecular formula is C30H28F5N. The van der Waals surface area contributed by atoms with Gasteiger partial charge in [0.15, 0.2) is 0 Å². The van der Waals surface area contributed by atoms with Crippen LogP contribution in [-0.2, 0) is 38.3 Å². The molecule has 1 aromatic heterocycles. The van der Waals surface area contributed by atoms with Crippen LogP contribution in [0.5, 0.6) is 0 Å². The number of benzene rings is 3. The standard InChI is InChI=1S/C30H28F5N/c1-2-3-5-21-8-13-23(36-19-21)14-11-22-12-16-26-25(6-4-7-28(26)31)24(22)15-9-20-10-17-27(29(32)18-20)30(33,34)35/h4,6-8,10,12-13,16-19H,2-3,5,9,11,14-15H2,1H3. The summed E-state index contributed by atoms with van der Waals surface area (Å²) in [6.07, 6.45) is 2.63. The molecule has 4 rings (SSSR count). The summed E-state index contributed by atoms with van der Waals surface area (Å²) in [7, 11) is 0. The first kappa shape index (κ1) is 25.8. The monoisotopic (exact) mass is 497 g/mol. The summed E-state index contributed by atoms with van der Waals surface area (Å²) < 4.78 is 67.3. The molecule has 0 aliphatic heterocycles. The Morgan fingerprint density at radius 3 is 2.22 bits per heavy atom. The number of unbranched alkanes of at least 4 members (excludes halogenated alkanes) is 1. The van der Waals surface area contributed by atoms with Crippen LogP contribution in [0.3, 0.4) is 0 Å². The first-order chi connectivity index (χ1) is 17.3. The molecule has 36 heavy (non-hydrogen) atoms. The second kappa shape index (κ2) is 11.2. The van der Waals surface area contributed by atoms with Crippen LogP contribution in [0, 0.1) is 11.6 Å². The van der Waals surface area contributed by atoms with E-state index >= 15 is 0 Å². The van der Waals surface area contributed by atoms with Gasteiger partial charge in [-0.05, 0) is 90.4 Å². The van der Waals surface area contributed by atoms with Crippen LogP contribution in [-0.4, -0.2) is 4.98 Å². The highest BCUT2D eigenvalue weighted by Crippen LogP contribution is 2.32. The van der Waals surface area contributed by atoms with E-state index in [1.807, 2.05) is 24.4 Å². The van der Waals surface area contributed by atoms with Crippen molar-refractivity contribution in [1.29, 1.82) is 0 Å². The third-order valence-corrected chi connectivity index (χ3v) is 6.57. The third-order valence-electron chi connectivity index (χ3n) is 6.57. The second-order valence-electron chi connectivity index (χ2n) is 9.11. The zero-order valence-electron chi connectivity index (χ0n) is 20.1. The van der Waals surface area contributed by atoms with Gasteiger partial charge in [0.2, 0.25) is 0 Å². The molecule has 0 bridgehead atoms. The van der Waals surface area contributed by atoms with E-state index in [0.717, 1.165) is 53.6 Å². The van der Waals surface area contributed by atoms with Gasteiger partial charge < -0.3 is 0 Å². The highest BCUT2D eigenvalue weighted by Gasteiger charge is 2.33. The number of aryl methyl sites for hydroxylation is 5. The lowest BCUT2D eigenvalue weighted by Crippen LogP contribution is -2.08. The van der Waals surface area contributed by atoms with Crippen molar-refractivity contribution in [3.05, 3.63) is 112 Å². The molecule has 0 aliphatic carbocycles. The number of alkyl halides is 3. The maximum atomic E-state index is 14.5. The molecule has 0 saturated heterocycles. The largest absolute Gasteiger partial charge is 0.419 e. The summed E-state index contributed by atoms with van der Waals surface area (Å²) in [6, 6.07) is 15.8. The fourth-order valence-electron chi connectivity index (χ4n) is 4.56. The predicted molar refractivity (Wildman–Crippen MR) is 133 cm³/mol. The quantitative estimate of drug-likeness (QED) is 0.211. The van der Waals surface area contributed by atoms with Crippen LogP contribution >= 0.6 is 0 Å². The molecule has 0 radical (unpaired) electrons. The van der Waals surface area contributed by atoms with Crippen molar-refractivity contribution in [2.24, 2.45) is 0 Å². The molecule has 0 fully saturated rings. The molecule has 0 amide bonds. The van der Waals surface area contributed by atoms with Crippen molar-refractivity contribution in [3.8, 4) is 0 Å². The molecule has 0 atom stereocenters. The van der Waals surface area contributed by atoms with Crippen molar-refractivity contribution in [3.63, 3.8) is 0 Å². The lowest BCUT2D eigenvalue weighted by Gasteiger charge is -2.15. The molecule has 6 heteroatoms. The van der Waals surface area contributed by atoms with Gasteiger partial charge in [0.05, 0.1) is 5.56 Å². The zero-order chi connectivity index (χ0) is 25.7. The van der Waals surface area contributed by atoms with Gasteiger partial charge in [-0.3, -0.25) is 4.98 Å². The molecule has 0 spiro atoms. The number of hydrogen-bond acceptors (Lipinski definition) is 1. The van der Waals surface area contributed by atoms with Gasteiger partial charge in [0, 0.05) is 17.3 Å². The van der Waals surface area contributed by atoms with Crippen molar-refractivity contribution < 1.29 is 22.0 Å². The number of pyridine rings is 1. The number of rotatable bonds is 9. The van der Waals surface area contributed by atoms with E-state index in [9.17, 15) is 22.0 Å². The molecule has 4 aromatic rings. The highest BCUT2D eigenvalue weighted by molar-refractivity contribution is 5.87. The molecule has 3 aromatic carbocycles. The highest BCUT2D eigenvalue weighted by atomic mass is 19.4. The Morgan fingerprint density at radius 2 is 1.53 bits per heavy atom. The van der Waals surface area contributed by atoms with Crippen LogP contribution in [0.2, 0.25) is 0 Å². The summed E-state index contributed by atoms with van der Waals surface area (Å²) in [6.45, 7) is 2.16. The number of halogens is 5. The van der Waals surface area contributed by atoms with Crippen molar-refractivity contribution in [2.75, 3.05) is 0 Å². The summed E-state index contributed by atoms with van der Waals surface area (Å²) >= 11 is 0. The molecule has 0 unspecified atom stereocenters. The molecule has 188 valence electrons. The van der Waals surface area contributed by atoms with Gasteiger partial charge in [0.25, 0.3) is 0 Å². The van der Waals surface area contributed by atoms with E-state index < -0.39 is 17.6 Å². The minimum atomic E-state index is -4.73. The van der Waals surface area contributed by atoms with Gasteiger partial charge >= 0.3 is 6.18 Å². The van der Waals surface area contributed by atoms with Gasteiger partial charge in [-0.2, -0.15) is 13.2 Å². The van der Waals surface area contributed by atoms with E-state index in [-0.39, 0.29) is 5.82 Å². The van der Waals surface area contributed by atoms with E-state index in [0.29, 0.717) is 36.6 Å². The smallest absolute Gasteiger partial charge is 0.261 e.